The number of hydrogen-bond acceptors (Lipinski definition) is 6. The predicted octanol–water partition coefficient (Wildman–Crippen LogP) is 6.21. The van der Waals surface area contributed by atoms with Crippen molar-refractivity contribution in [3.05, 3.63) is 140 Å². The second-order valence-corrected chi connectivity index (χ2v) is 11.5. The zero-order valence-corrected chi connectivity index (χ0v) is 23.5. The largest absolute Gasteiger partial charge is 0.352 e. The molecule has 1 spiro atoms. The number of non-ortho nitro benzene ring substituents is 1. The van der Waals surface area contributed by atoms with Crippen molar-refractivity contribution in [2.75, 3.05) is 10.2 Å². The normalized spacial score (nSPS) is 23.2. The molecule has 4 atom stereocenters. The molecule has 206 valence electrons. The Hall–Kier alpha value is -4.89. The molecule has 4 aromatic rings. The Balaban J connectivity index is 1.53. The molecule has 1 amide bonds. The number of nitro benzene ring substituents is 1. The zero-order valence-electron chi connectivity index (χ0n) is 21.9. The fourth-order valence-electron chi connectivity index (χ4n) is 6.86. The molecule has 3 aliphatic rings. The van der Waals surface area contributed by atoms with E-state index in [4.69, 9.17) is 0 Å². The molecule has 1 saturated heterocycles. The van der Waals surface area contributed by atoms with E-state index in [0.29, 0.717) is 16.8 Å². The number of ketones is 2. The molecule has 1 unspecified atom stereocenters. The third kappa shape index (κ3) is 3.63. The Morgan fingerprint density at radius 2 is 1.62 bits per heavy atom. The van der Waals surface area contributed by atoms with Gasteiger partial charge in [0.2, 0.25) is 5.91 Å². The average Bonchev–Trinajstić information content (AvgIpc) is 3.49. The summed E-state index contributed by atoms with van der Waals surface area (Å²) in [6.45, 7) is 0. The summed E-state index contributed by atoms with van der Waals surface area (Å²) in [7, 11) is 0. The van der Waals surface area contributed by atoms with Gasteiger partial charge in [-0.25, -0.2) is 0 Å². The van der Waals surface area contributed by atoms with Crippen molar-refractivity contribution in [3.63, 3.8) is 0 Å². The van der Waals surface area contributed by atoms with Gasteiger partial charge in [0.15, 0.2) is 11.6 Å². The van der Waals surface area contributed by atoms with Crippen LogP contribution in [0.5, 0.6) is 0 Å². The molecule has 4 aromatic carbocycles. The molecule has 0 radical (unpaired) electrons. The Morgan fingerprint density at radius 3 is 2.40 bits per heavy atom. The number of rotatable bonds is 5. The summed E-state index contributed by atoms with van der Waals surface area (Å²) in [6, 6.07) is 25.4. The van der Waals surface area contributed by atoms with Crippen LogP contribution in [0.15, 0.2) is 108 Å². The van der Waals surface area contributed by atoms with Crippen LogP contribution in [0.25, 0.3) is 6.08 Å². The van der Waals surface area contributed by atoms with Gasteiger partial charge in [0.25, 0.3) is 5.69 Å². The van der Waals surface area contributed by atoms with Crippen molar-refractivity contribution < 1.29 is 19.3 Å². The van der Waals surface area contributed by atoms with E-state index in [0.717, 1.165) is 15.7 Å². The number of anilines is 2. The lowest BCUT2D eigenvalue weighted by atomic mass is 9.64. The summed E-state index contributed by atoms with van der Waals surface area (Å²) in [4.78, 5) is 56.7. The maximum atomic E-state index is 14.8. The summed E-state index contributed by atoms with van der Waals surface area (Å²) in [5.74, 6) is -2.44. The van der Waals surface area contributed by atoms with E-state index in [1.807, 2.05) is 53.5 Å². The molecule has 0 aromatic heterocycles. The molecule has 1 fully saturated rings. The topological polar surface area (TPSA) is 110 Å². The standard InChI is InChI=1S/C33H22BrN3O5/c34-22-15-12-20(13-16-22)31(39)29-28(30(38)21-7-5-8-23(18-21)37(41)42)33(24-9-2-3-10-25(24)35-32(33)40)27-17-14-19-6-1-4-11-26(19)36(27)29/h1-18,27-29H,(H,35,40)/t27?,28-,29+,33+/m0/s1. The molecule has 9 heteroatoms. The lowest BCUT2D eigenvalue weighted by Gasteiger charge is -2.37. The highest BCUT2D eigenvalue weighted by atomic mass is 79.9. The molecule has 8 nitrogen and oxygen atoms in total. The number of para-hydroxylation sites is 2. The minimum Gasteiger partial charge on any atom is -0.352 e. The quantitative estimate of drug-likeness (QED) is 0.161. The first-order valence-electron chi connectivity index (χ1n) is 13.4. The number of halogens is 1. The first-order valence-corrected chi connectivity index (χ1v) is 14.2. The Labute approximate surface area is 248 Å². The highest BCUT2D eigenvalue weighted by Gasteiger charge is 2.70. The third-order valence-electron chi connectivity index (χ3n) is 8.56. The highest BCUT2D eigenvalue weighted by molar-refractivity contribution is 9.10. The molecule has 1 N–H and O–H groups in total. The molecule has 0 bridgehead atoms. The van der Waals surface area contributed by atoms with Crippen LogP contribution < -0.4 is 10.2 Å². The van der Waals surface area contributed by atoms with Gasteiger partial charge < -0.3 is 10.2 Å². The highest BCUT2D eigenvalue weighted by Crippen LogP contribution is 2.58. The fourth-order valence-corrected chi connectivity index (χ4v) is 7.12. The molecular formula is C33H22BrN3O5. The van der Waals surface area contributed by atoms with Crippen LogP contribution in [-0.4, -0.2) is 34.5 Å². The van der Waals surface area contributed by atoms with Crippen LogP contribution in [-0.2, 0) is 10.2 Å². The molecule has 0 aliphatic carbocycles. The third-order valence-corrected chi connectivity index (χ3v) is 9.09. The molecular weight excluding hydrogens is 598 g/mol. The Kier molecular flexibility index (Phi) is 5.95. The van der Waals surface area contributed by atoms with Gasteiger partial charge in [-0.3, -0.25) is 24.5 Å². The molecule has 0 saturated carbocycles. The number of fused-ring (bicyclic) bond motifs is 6. The van der Waals surface area contributed by atoms with Crippen LogP contribution in [0, 0.1) is 16.0 Å². The van der Waals surface area contributed by atoms with Gasteiger partial charge >= 0.3 is 0 Å². The predicted molar refractivity (Wildman–Crippen MR) is 162 cm³/mol. The van der Waals surface area contributed by atoms with E-state index in [-0.39, 0.29) is 17.0 Å². The summed E-state index contributed by atoms with van der Waals surface area (Å²) in [6.07, 6.45) is 3.82. The first kappa shape index (κ1) is 26.0. The number of Topliss-reactive ketones (excluding diaryl/α,β-unsaturated/α-hetero) is 2. The van der Waals surface area contributed by atoms with Gasteiger partial charge in [-0.1, -0.05) is 88.7 Å². The van der Waals surface area contributed by atoms with Gasteiger partial charge in [0.1, 0.15) is 11.5 Å². The average molecular weight is 620 g/mol. The lowest BCUT2D eigenvalue weighted by Crippen LogP contribution is -2.51. The maximum Gasteiger partial charge on any atom is 0.270 e. The summed E-state index contributed by atoms with van der Waals surface area (Å²) < 4.78 is 0.791. The molecule has 3 aliphatic heterocycles. The molecule has 3 heterocycles. The van der Waals surface area contributed by atoms with Crippen LogP contribution in [0.2, 0.25) is 0 Å². The van der Waals surface area contributed by atoms with Crippen LogP contribution >= 0.6 is 15.9 Å². The second-order valence-electron chi connectivity index (χ2n) is 10.6. The van der Waals surface area contributed by atoms with Crippen molar-refractivity contribution in [2.45, 2.75) is 17.5 Å². The van der Waals surface area contributed by atoms with E-state index in [1.54, 1.807) is 36.4 Å². The molecule has 42 heavy (non-hydrogen) atoms. The first-order chi connectivity index (χ1) is 20.3. The summed E-state index contributed by atoms with van der Waals surface area (Å²) >= 11 is 3.42. The van der Waals surface area contributed by atoms with Gasteiger partial charge in [0, 0.05) is 39.1 Å². The van der Waals surface area contributed by atoms with E-state index >= 15 is 0 Å². The van der Waals surface area contributed by atoms with Crippen LogP contribution in [0.3, 0.4) is 0 Å². The van der Waals surface area contributed by atoms with Crippen LogP contribution in [0.1, 0.15) is 31.8 Å². The number of carbonyl (C=O) groups excluding carboxylic acids is 3. The van der Waals surface area contributed by atoms with Gasteiger partial charge in [-0.15, -0.1) is 0 Å². The number of nitro groups is 1. The fraction of sp³-hybridized carbons (Fsp3) is 0.121. The minimum atomic E-state index is -1.49. The van der Waals surface area contributed by atoms with Crippen molar-refractivity contribution in [1.29, 1.82) is 0 Å². The van der Waals surface area contributed by atoms with E-state index in [2.05, 4.69) is 21.2 Å². The van der Waals surface area contributed by atoms with E-state index in [9.17, 15) is 24.5 Å². The second kappa shape index (κ2) is 9.60. The van der Waals surface area contributed by atoms with Crippen molar-refractivity contribution in [2.24, 2.45) is 5.92 Å². The minimum absolute atomic E-state index is 0.0662. The Bertz CT molecular complexity index is 1850. The van der Waals surface area contributed by atoms with Crippen molar-refractivity contribution >= 4 is 56.5 Å². The number of hydrogen-bond donors (Lipinski definition) is 1. The number of amides is 1. The van der Waals surface area contributed by atoms with Crippen molar-refractivity contribution in [1.82, 2.24) is 0 Å². The van der Waals surface area contributed by atoms with Gasteiger partial charge in [-0.2, -0.15) is 0 Å². The zero-order chi connectivity index (χ0) is 29.2. The summed E-state index contributed by atoms with van der Waals surface area (Å²) in [5, 5.41) is 14.6. The maximum absolute atomic E-state index is 14.8. The van der Waals surface area contributed by atoms with E-state index in [1.165, 1.54) is 24.3 Å². The monoisotopic (exact) mass is 619 g/mol. The smallest absolute Gasteiger partial charge is 0.270 e. The summed E-state index contributed by atoms with van der Waals surface area (Å²) in [5.41, 5.74) is 1.48. The number of nitrogens with one attached hydrogen (secondary N) is 1. The van der Waals surface area contributed by atoms with Gasteiger partial charge in [-0.05, 0) is 35.4 Å². The van der Waals surface area contributed by atoms with Gasteiger partial charge in [0.05, 0.1) is 16.9 Å². The van der Waals surface area contributed by atoms with E-state index < -0.39 is 40.0 Å². The Morgan fingerprint density at radius 1 is 0.881 bits per heavy atom. The molecule has 7 rings (SSSR count). The SMILES string of the molecule is O=C(c1cccc([N+](=O)[O-])c1)[C@@H]1[C@H](C(=O)c2ccc(Br)cc2)N2c3ccccc3C=CC2[C@@]12C(=O)Nc1ccccc12. The number of nitrogens with zero attached hydrogens (tertiary/aromatic N) is 2. The van der Waals surface area contributed by atoms with Crippen molar-refractivity contribution in [3.8, 4) is 0 Å². The van der Waals surface area contributed by atoms with Crippen LogP contribution in [0.4, 0.5) is 17.1 Å². The number of benzene rings is 4. The lowest BCUT2D eigenvalue weighted by molar-refractivity contribution is -0.384. The number of carbonyl (C=O) groups is 3.